The molecule has 0 radical (unpaired) electrons. The molecule has 1 aliphatic carbocycles. The van der Waals surface area contributed by atoms with E-state index in [1.807, 2.05) is 30.3 Å². The standard InChI is InChI=1S/C19H21BrO/c20-19-16(13-14-21-17-10-2-1-3-11-17)9-6-8-15-7-4-5-12-18(15)19/h1-5,7,10-12,16,19H,6,8-9,13-14H2. The van der Waals surface area contributed by atoms with Crippen LogP contribution in [-0.4, -0.2) is 6.61 Å². The topological polar surface area (TPSA) is 9.23 Å². The highest BCUT2D eigenvalue weighted by Crippen LogP contribution is 2.40. The minimum Gasteiger partial charge on any atom is -0.494 e. The Morgan fingerprint density at radius 3 is 2.62 bits per heavy atom. The third-order valence-corrected chi connectivity index (χ3v) is 5.53. The second-order valence-corrected chi connectivity index (χ2v) is 6.69. The van der Waals surface area contributed by atoms with Gasteiger partial charge in [-0.2, -0.15) is 0 Å². The first-order valence-electron chi connectivity index (χ1n) is 7.74. The normalized spacial score (nSPS) is 21.4. The van der Waals surface area contributed by atoms with Crippen molar-refractivity contribution < 1.29 is 4.74 Å². The lowest BCUT2D eigenvalue weighted by Gasteiger charge is -2.21. The predicted molar refractivity (Wildman–Crippen MR) is 91.1 cm³/mol. The fourth-order valence-electron chi connectivity index (χ4n) is 3.12. The van der Waals surface area contributed by atoms with Crippen molar-refractivity contribution in [3.05, 3.63) is 65.7 Å². The SMILES string of the molecule is BrC1c2ccccc2CCCC1CCOc1ccccc1. The van der Waals surface area contributed by atoms with Gasteiger partial charge < -0.3 is 4.74 Å². The van der Waals surface area contributed by atoms with Gasteiger partial charge in [0.15, 0.2) is 0 Å². The maximum atomic E-state index is 5.87. The first-order chi connectivity index (χ1) is 10.3. The number of rotatable bonds is 4. The average Bonchev–Trinajstić information content (AvgIpc) is 2.69. The first-order valence-corrected chi connectivity index (χ1v) is 8.66. The average molecular weight is 345 g/mol. The fraction of sp³-hybridized carbons (Fsp3) is 0.368. The smallest absolute Gasteiger partial charge is 0.119 e. The van der Waals surface area contributed by atoms with Crippen molar-refractivity contribution in [3.8, 4) is 5.75 Å². The third kappa shape index (κ3) is 3.68. The second-order valence-electron chi connectivity index (χ2n) is 5.70. The van der Waals surface area contributed by atoms with Crippen molar-refractivity contribution in [2.75, 3.05) is 6.61 Å². The molecule has 2 aromatic rings. The van der Waals surface area contributed by atoms with Crippen LogP contribution in [0.15, 0.2) is 54.6 Å². The van der Waals surface area contributed by atoms with Crippen LogP contribution in [0.3, 0.4) is 0 Å². The van der Waals surface area contributed by atoms with Crippen molar-refractivity contribution in [2.45, 2.75) is 30.5 Å². The highest BCUT2D eigenvalue weighted by Gasteiger charge is 2.25. The van der Waals surface area contributed by atoms with Gasteiger partial charge in [0, 0.05) is 4.83 Å². The molecule has 0 fully saturated rings. The van der Waals surface area contributed by atoms with E-state index in [9.17, 15) is 0 Å². The number of benzene rings is 2. The Hall–Kier alpha value is -1.28. The molecule has 2 aromatic carbocycles. The Bertz CT molecular complexity index is 567. The van der Waals surface area contributed by atoms with E-state index >= 15 is 0 Å². The van der Waals surface area contributed by atoms with Gasteiger partial charge in [0.25, 0.3) is 0 Å². The Morgan fingerprint density at radius 2 is 1.76 bits per heavy atom. The van der Waals surface area contributed by atoms with Gasteiger partial charge in [-0.3, -0.25) is 0 Å². The number of para-hydroxylation sites is 1. The molecule has 0 aromatic heterocycles. The molecule has 0 saturated carbocycles. The molecular formula is C19H21BrO. The molecule has 1 nitrogen and oxygen atoms in total. The van der Waals surface area contributed by atoms with Crippen molar-refractivity contribution in [2.24, 2.45) is 5.92 Å². The van der Waals surface area contributed by atoms with Crippen LogP contribution < -0.4 is 4.74 Å². The molecule has 2 heteroatoms. The Balaban J connectivity index is 1.61. The molecule has 1 aliphatic rings. The van der Waals surface area contributed by atoms with Crippen LogP contribution in [0.4, 0.5) is 0 Å². The van der Waals surface area contributed by atoms with Crippen LogP contribution in [0.5, 0.6) is 5.75 Å². The number of fused-ring (bicyclic) bond motifs is 1. The molecule has 0 bridgehead atoms. The molecule has 2 unspecified atom stereocenters. The number of halogens is 1. The van der Waals surface area contributed by atoms with E-state index in [4.69, 9.17) is 4.74 Å². The summed E-state index contributed by atoms with van der Waals surface area (Å²) in [6, 6.07) is 18.9. The predicted octanol–water partition coefficient (Wildman–Crippen LogP) is 5.54. The molecule has 0 heterocycles. The summed E-state index contributed by atoms with van der Waals surface area (Å²) in [7, 11) is 0. The fourth-order valence-corrected chi connectivity index (χ4v) is 4.10. The lowest BCUT2D eigenvalue weighted by atomic mass is 9.94. The largest absolute Gasteiger partial charge is 0.494 e. The number of hydrogen-bond donors (Lipinski definition) is 0. The van der Waals surface area contributed by atoms with Crippen molar-refractivity contribution in [1.29, 1.82) is 0 Å². The molecular weight excluding hydrogens is 324 g/mol. The van der Waals surface area contributed by atoms with Crippen LogP contribution in [0.2, 0.25) is 0 Å². The van der Waals surface area contributed by atoms with Gasteiger partial charge in [-0.05, 0) is 54.9 Å². The zero-order valence-electron chi connectivity index (χ0n) is 12.2. The summed E-state index contributed by atoms with van der Waals surface area (Å²) in [6.07, 6.45) is 4.84. The number of alkyl halides is 1. The molecule has 0 spiro atoms. The maximum Gasteiger partial charge on any atom is 0.119 e. The Kier molecular flexibility index (Phi) is 4.97. The van der Waals surface area contributed by atoms with Gasteiger partial charge in [0.2, 0.25) is 0 Å². The van der Waals surface area contributed by atoms with E-state index in [1.54, 1.807) is 0 Å². The number of aryl methyl sites for hydroxylation is 1. The summed E-state index contributed by atoms with van der Waals surface area (Å²) in [4.78, 5) is 0.454. The summed E-state index contributed by atoms with van der Waals surface area (Å²) >= 11 is 3.93. The van der Waals surface area contributed by atoms with Crippen molar-refractivity contribution in [1.82, 2.24) is 0 Å². The summed E-state index contributed by atoms with van der Waals surface area (Å²) in [5.41, 5.74) is 2.98. The zero-order valence-corrected chi connectivity index (χ0v) is 13.8. The Labute approximate surface area is 135 Å². The highest BCUT2D eigenvalue weighted by atomic mass is 79.9. The number of ether oxygens (including phenoxy) is 1. The van der Waals surface area contributed by atoms with Gasteiger partial charge in [-0.1, -0.05) is 58.4 Å². The number of hydrogen-bond acceptors (Lipinski definition) is 1. The summed E-state index contributed by atoms with van der Waals surface area (Å²) in [5.74, 6) is 1.62. The van der Waals surface area contributed by atoms with Crippen molar-refractivity contribution >= 4 is 15.9 Å². The highest BCUT2D eigenvalue weighted by molar-refractivity contribution is 9.09. The lowest BCUT2D eigenvalue weighted by molar-refractivity contribution is 0.270. The Morgan fingerprint density at radius 1 is 1.00 bits per heavy atom. The van der Waals surface area contributed by atoms with Crippen LogP contribution in [0.25, 0.3) is 0 Å². The van der Waals surface area contributed by atoms with Gasteiger partial charge in [0.05, 0.1) is 6.61 Å². The second kappa shape index (κ2) is 7.13. The van der Waals surface area contributed by atoms with Gasteiger partial charge >= 0.3 is 0 Å². The summed E-state index contributed by atoms with van der Waals surface area (Å²) < 4.78 is 5.87. The molecule has 110 valence electrons. The quantitative estimate of drug-likeness (QED) is 0.522. The van der Waals surface area contributed by atoms with Crippen LogP contribution in [0, 0.1) is 5.92 Å². The zero-order chi connectivity index (χ0) is 14.5. The van der Waals surface area contributed by atoms with E-state index in [0.717, 1.165) is 18.8 Å². The maximum absolute atomic E-state index is 5.87. The minimum atomic E-state index is 0.454. The van der Waals surface area contributed by atoms with Crippen molar-refractivity contribution in [3.63, 3.8) is 0 Å². The van der Waals surface area contributed by atoms with Crippen LogP contribution >= 0.6 is 15.9 Å². The van der Waals surface area contributed by atoms with Gasteiger partial charge in [-0.15, -0.1) is 0 Å². The van der Waals surface area contributed by atoms with Gasteiger partial charge in [-0.25, -0.2) is 0 Å². The molecule has 0 saturated heterocycles. The molecule has 2 atom stereocenters. The van der Waals surface area contributed by atoms with E-state index in [0.29, 0.717) is 10.7 Å². The molecule has 0 N–H and O–H groups in total. The molecule has 3 rings (SSSR count). The van der Waals surface area contributed by atoms with E-state index < -0.39 is 0 Å². The molecule has 0 aliphatic heterocycles. The van der Waals surface area contributed by atoms with Crippen LogP contribution in [-0.2, 0) is 6.42 Å². The minimum absolute atomic E-state index is 0.454. The van der Waals surface area contributed by atoms with Crippen LogP contribution in [0.1, 0.15) is 35.2 Å². The third-order valence-electron chi connectivity index (χ3n) is 4.29. The molecule has 0 amide bonds. The van der Waals surface area contributed by atoms with Gasteiger partial charge in [0.1, 0.15) is 5.75 Å². The monoisotopic (exact) mass is 344 g/mol. The van der Waals surface area contributed by atoms with E-state index in [2.05, 4.69) is 40.2 Å². The lowest BCUT2D eigenvalue weighted by Crippen LogP contribution is -2.11. The van der Waals surface area contributed by atoms with E-state index in [-0.39, 0.29) is 0 Å². The summed E-state index contributed by atoms with van der Waals surface area (Å²) in [5, 5.41) is 0. The molecule has 21 heavy (non-hydrogen) atoms. The first kappa shape index (κ1) is 14.6. The summed E-state index contributed by atoms with van der Waals surface area (Å²) in [6.45, 7) is 0.791. The van der Waals surface area contributed by atoms with E-state index in [1.165, 1.54) is 30.4 Å².